The van der Waals surface area contributed by atoms with Gasteiger partial charge in [0, 0.05) is 62.7 Å². The number of pyridine rings is 1. The number of likely N-dealkylation sites (N-methyl/N-ethyl adjacent to an activating group) is 1. The average molecular weight is 421 g/mol. The lowest BCUT2D eigenvalue weighted by Crippen LogP contribution is -2.28. The third-order valence-electron chi connectivity index (χ3n) is 5.53. The van der Waals surface area contributed by atoms with Crippen LogP contribution >= 0.6 is 0 Å². The van der Waals surface area contributed by atoms with Crippen LogP contribution < -0.4 is 15.5 Å². The van der Waals surface area contributed by atoms with Crippen LogP contribution in [0.4, 0.5) is 16.3 Å². The van der Waals surface area contributed by atoms with Crippen LogP contribution in [-0.4, -0.2) is 53.6 Å². The number of fused-ring (bicyclic) bond motifs is 1. The zero-order valence-electron chi connectivity index (χ0n) is 18.0. The second kappa shape index (κ2) is 9.07. The molecule has 1 aliphatic rings. The molecule has 0 saturated carbocycles. The van der Waals surface area contributed by atoms with Gasteiger partial charge in [0.25, 0.3) is 0 Å². The van der Waals surface area contributed by atoms with Gasteiger partial charge in [-0.3, -0.25) is 4.79 Å². The number of hydrogen-bond donors (Lipinski definition) is 2. The number of urea groups is 1. The van der Waals surface area contributed by atoms with Gasteiger partial charge in [0.1, 0.15) is 12.4 Å². The van der Waals surface area contributed by atoms with Gasteiger partial charge in [0.05, 0.1) is 0 Å². The van der Waals surface area contributed by atoms with Gasteiger partial charge >= 0.3 is 6.03 Å². The molecule has 0 atom stereocenters. The van der Waals surface area contributed by atoms with E-state index in [-0.39, 0.29) is 18.5 Å². The Morgan fingerprint density at radius 2 is 1.90 bits per heavy atom. The van der Waals surface area contributed by atoms with Crippen LogP contribution in [0.15, 0.2) is 48.8 Å². The number of benzene rings is 1. The Bertz CT molecular complexity index is 1080. The van der Waals surface area contributed by atoms with Gasteiger partial charge in [0.2, 0.25) is 5.91 Å². The van der Waals surface area contributed by atoms with Crippen LogP contribution in [0.2, 0.25) is 0 Å². The summed E-state index contributed by atoms with van der Waals surface area (Å²) < 4.78 is 1.91. The molecule has 31 heavy (non-hydrogen) atoms. The largest absolute Gasteiger partial charge is 0.357 e. The molecule has 1 aliphatic heterocycles. The molecule has 0 aliphatic carbocycles. The molecule has 4 rings (SSSR count). The predicted molar refractivity (Wildman–Crippen MR) is 122 cm³/mol. The van der Waals surface area contributed by atoms with Gasteiger partial charge in [0.15, 0.2) is 0 Å². The van der Waals surface area contributed by atoms with Gasteiger partial charge in [-0.15, -0.1) is 0 Å². The van der Waals surface area contributed by atoms with E-state index in [0.717, 1.165) is 35.4 Å². The number of rotatable bonds is 6. The predicted octanol–water partition coefficient (Wildman–Crippen LogP) is 3.05. The molecule has 1 aromatic carbocycles. The van der Waals surface area contributed by atoms with E-state index in [4.69, 9.17) is 0 Å². The molecule has 1 fully saturated rings. The molecule has 3 amide bonds. The topological polar surface area (TPSA) is 82.5 Å². The summed E-state index contributed by atoms with van der Waals surface area (Å²) in [6.07, 6.45) is 6.08. The minimum Gasteiger partial charge on any atom is -0.357 e. The molecule has 0 unspecified atom stereocenters. The Kier molecular flexibility index (Phi) is 6.06. The lowest BCUT2D eigenvalue weighted by Gasteiger charge is -2.17. The van der Waals surface area contributed by atoms with Crippen molar-refractivity contribution in [2.45, 2.75) is 25.9 Å². The fraction of sp³-hybridized carbons (Fsp3) is 0.348. The van der Waals surface area contributed by atoms with E-state index in [9.17, 15) is 9.59 Å². The Morgan fingerprint density at radius 3 is 2.68 bits per heavy atom. The first-order valence-electron chi connectivity index (χ1n) is 10.5. The van der Waals surface area contributed by atoms with E-state index in [1.165, 1.54) is 12.8 Å². The molecule has 0 bridgehead atoms. The summed E-state index contributed by atoms with van der Waals surface area (Å²) in [6.45, 7) is 2.80. The highest BCUT2D eigenvalue weighted by atomic mass is 16.2. The van der Waals surface area contributed by atoms with Crippen LogP contribution in [-0.2, 0) is 17.9 Å². The normalized spacial score (nSPS) is 13.4. The van der Waals surface area contributed by atoms with Gasteiger partial charge in [-0.25, -0.2) is 9.78 Å². The molecule has 3 aromatic rings. The number of amides is 3. The first kappa shape index (κ1) is 20.7. The monoisotopic (exact) mass is 420 g/mol. The first-order chi connectivity index (χ1) is 15.0. The highest BCUT2D eigenvalue weighted by Crippen LogP contribution is 2.21. The molecule has 1 saturated heterocycles. The van der Waals surface area contributed by atoms with Crippen molar-refractivity contribution in [1.29, 1.82) is 0 Å². The van der Waals surface area contributed by atoms with Crippen LogP contribution in [0.25, 0.3) is 10.9 Å². The minimum absolute atomic E-state index is 0.0306. The Hall–Kier alpha value is -3.55. The maximum absolute atomic E-state index is 12.4. The molecule has 2 N–H and O–H groups in total. The van der Waals surface area contributed by atoms with E-state index in [1.807, 2.05) is 47.2 Å². The van der Waals surface area contributed by atoms with Crippen LogP contribution in [0.1, 0.15) is 18.4 Å². The fourth-order valence-electron chi connectivity index (χ4n) is 3.75. The van der Waals surface area contributed by atoms with Crippen molar-refractivity contribution in [1.82, 2.24) is 19.8 Å². The number of aromatic nitrogens is 2. The highest BCUT2D eigenvalue weighted by molar-refractivity contribution is 5.93. The zero-order chi connectivity index (χ0) is 21.8. The molecule has 0 radical (unpaired) electrons. The van der Waals surface area contributed by atoms with Crippen molar-refractivity contribution in [3.8, 4) is 0 Å². The number of nitrogens with one attached hydrogen (secondary N) is 2. The van der Waals surface area contributed by atoms with Crippen LogP contribution in [0, 0.1) is 0 Å². The quantitative estimate of drug-likeness (QED) is 0.642. The maximum Gasteiger partial charge on any atom is 0.319 e. The average Bonchev–Trinajstić information content (AvgIpc) is 3.43. The van der Waals surface area contributed by atoms with E-state index in [2.05, 4.69) is 20.5 Å². The minimum atomic E-state index is -0.263. The number of anilines is 2. The second-order valence-electron chi connectivity index (χ2n) is 8.03. The summed E-state index contributed by atoms with van der Waals surface area (Å²) in [5, 5.41) is 6.75. The van der Waals surface area contributed by atoms with Crippen molar-refractivity contribution in [3.63, 3.8) is 0 Å². The van der Waals surface area contributed by atoms with E-state index < -0.39 is 0 Å². The standard InChI is InChI=1S/C23H28N6O2/c1-27(2)22(30)16-29-12-8-18-14-19(5-6-20(18)29)26-23(31)25-15-17-7-9-24-21(13-17)28-10-3-4-11-28/h5-9,12-14H,3-4,10-11,15-16H2,1-2H3,(H2,25,26,31). The summed E-state index contributed by atoms with van der Waals surface area (Å²) in [4.78, 5) is 32.7. The van der Waals surface area contributed by atoms with Crippen LogP contribution in [0.3, 0.4) is 0 Å². The van der Waals surface area contributed by atoms with Gasteiger partial charge < -0.3 is 25.0 Å². The lowest BCUT2D eigenvalue weighted by atomic mass is 10.2. The second-order valence-corrected chi connectivity index (χ2v) is 8.03. The Balaban J connectivity index is 1.35. The molecule has 8 nitrogen and oxygen atoms in total. The van der Waals surface area contributed by atoms with Crippen molar-refractivity contribution in [2.75, 3.05) is 37.4 Å². The Morgan fingerprint density at radius 1 is 1.10 bits per heavy atom. The molecule has 162 valence electrons. The van der Waals surface area contributed by atoms with Crippen LogP contribution in [0.5, 0.6) is 0 Å². The first-order valence-corrected chi connectivity index (χ1v) is 10.5. The van der Waals surface area contributed by atoms with Gasteiger partial charge in [-0.05, 0) is 54.8 Å². The van der Waals surface area contributed by atoms with Crippen molar-refractivity contribution in [2.24, 2.45) is 0 Å². The van der Waals surface area contributed by atoms with E-state index in [0.29, 0.717) is 12.2 Å². The van der Waals surface area contributed by atoms with Gasteiger partial charge in [-0.2, -0.15) is 0 Å². The molecular formula is C23H28N6O2. The summed E-state index contributed by atoms with van der Waals surface area (Å²) in [5.74, 6) is 1.00. The number of hydrogen-bond acceptors (Lipinski definition) is 4. The number of carbonyl (C=O) groups is 2. The highest BCUT2D eigenvalue weighted by Gasteiger charge is 2.14. The molecule has 2 aromatic heterocycles. The number of carbonyl (C=O) groups excluding carboxylic acids is 2. The molecular weight excluding hydrogens is 392 g/mol. The summed E-state index contributed by atoms with van der Waals surface area (Å²) >= 11 is 0. The number of nitrogens with zero attached hydrogens (tertiary/aromatic N) is 4. The molecule has 8 heteroatoms. The summed E-state index contributed by atoms with van der Waals surface area (Å²) in [6, 6.07) is 11.3. The summed E-state index contributed by atoms with van der Waals surface area (Å²) in [5.41, 5.74) is 2.67. The Labute approximate surface area is 181 Å². The van der Waals surface area contributed by atoms with Crippen molar-refractivity contribution >= 4 is 34.3 Å². The fourth-order valence-corrected chi connectivity index (χ4v) is 3.75. The summed E-state index contributed by atoms with van der Waals surface area (Å²) in [7, 11) is 3.49. The van der Waals surface area contributed by atoms with Crippen molar-refractivity contribution < 1.29 is 9.59 Å². The van der Waals surface area contributed by atoms with E-state index >= 15 is 0 Å². The molecule has 0 spiro atoms. The van der Waals surface area contributed by atoms with Crippen molar-refractivity contribution in [3.05, 3.63) is 54.4 Å². The maximum atomic E-state index is 12.4. The van der Waals surface area contributed by atoms with E-state index in [1.54, 1.807) is 25.2 Å². The smallest absolute Gasteiger partial charge is 0.319 e. The lowest BCUT2D eigenvalue weighted by molar-refractivity contribution is -0.129. The molecule has 3 heterocycles. The third-order valence-corrected chi connectivity index (χ3v) is 5.53. The SMILES string of the molecule is CN(C)C(=O)Cn1ccc2cc(NC(=O)NCc3ccnc(N4CCCC4)c3)ccc21. The van der Waals surface area contributed by atoms with Gasteiger partial charge in [-0.1, -0.05) is 0 Å². The zero-order valence-corrected chi connectivity index (χ0v) is 18.0. The third kappa shape index (κ3) is 4.96.